The van der Waals surface area contributed by atoms with Gasteiger partial charge in [-0.1, -0.05) is 31.2 Å². The molecule has 2 aliphatic rings. The van der Waals surface area contributed by atoms with Crippen molar-refractivity contribution in [3.63, 3.8) is 0 Å². The number of nitrogens with zero attached hydrogens (tertiary/aromatic N) is 4. The molecule has 3 heterocycles. The predicted molar refractivity (Wildman–Crippen MR) is 136 cm³/mol. The van der Waals surface area contributed by atoms with Crippen LogP contribution in [0.25, 0.3) is 0 Å². The zero-order valence-corrected chi connectivity index (χ0v) is 20.9. The minimum Gasteiger partial charge on any atom is -0.454 e. The van der Waals surface area contributed by atoms with Gasteiger partial charge in [0.1, 0.15) is 22.8 Å². The van der Waals surface area contributed by atoms with Gasteiger partial charge < -0.3 is 20.1 Å². The molecule has 9 heteroatoms. The average Bonchev–Trinajstić information content (AvgIpc) is 3.19. The van der Waals surface area contributed by atoms with Gasteiger partial charge in [-0.15, -0.1) is 0 Å². The predicted octanol–water partition coefficient (Wildman–Crippen LogP) is 4.94. The Morgan fingerprint density at radius 3 is 2.62 bits per heavy atom. The number of aliphatic imine (C=N–C) groups is 1. The Hall–Kier alpha value is -3.07. The molecule has 1 aromatic carbocycles. The van der Waals surface area contributed by atoms with Gasteiger partial charge in [-0.3, -0.25) is 4.79 Å². The van der Waals surface area contributed by atoms with Crippen molar-refractivity contribution in [1.29, 1.82) is 0 Å². The van der Waals surface area contributed by atoms with Crippen LogP contribution in [0.3, 0.4) is 0 Å². The summed E-state index contributed by atoms with van der Waals surface area (Å²) in [6, 6.07) is 3.96. The van der Waals surface area contributed by atoms with E-state index in [-0.39, 0.29) is 12.7 Å². The first-order valence-corrected chi connectivity index (χ1v) is 12.4. The number of thioether (sulfide) groups is 1. The van der Waals surface area contributed by atoms with Crippen LogP contribution in [0.1, 0.15) is 45.2 Å². The topological polar surface area (TPSA) is 103 Å². The van der Waals surface area contributed by atoms with Crippen LogP contribution < -0.4 is 20.1 Å². The number of aromatic nitrogens is 2. The van der Waals surface area contributed by atoms with Gasteiger partial charge in [0.25, 0.3) is 0 Å². The molecule has 0 fully saturated rings. The number of ketones is 1. The molecule has 0 saturated carbocycles. The summed E-state index contributed by atoms with van der Waals surface area (Å²) < 4.78 is 11.2. The number of Topliss-reactive ketones (excluding diaryl/α,β-unsaturated/α-hetero) is 1. The average molecular weight is 482 g/mol. The Labute approximate surface area is 204 Å². The highest BCUT2D eigenvalue weighted by atomic mass is 32.2. The molecule has 4 rings (SSSR count). The third-order valence-electron chi connectivity index (χ3n) is 6.15. The van der Waals surface area contributed by atoms with Crippen molar-refractivity contribution in [3.05, 3.63) is 35.8 Å². The smallest absolute Gasteiger partial charge is 0.231 e. The van der Waals surface area contributed by atoms with Crippen LogP contribution in [0, 0.1) is 5.92 Å². The summed E-state index contributed by atoms with van der Waals surface area (Å²) in [6.45, 7) is 4.36. The molecule has 0 spiro atoms. The zero-order chi connectivity index (χ0) is 24.2. The Bertz CT molecular complexity index is 1140. The molecule has 0 amide bonds. The van der Waals surface area contributed by atoms with Gasteiger partial charge in [0.15, 0.2) is 17.3 Å². The molecule has 1 aromatic heterocycles. The number of rotatable bonds is 8. The largest absolute Gasteiger partial charge is 0.454 e. The maximum atomic E-state index is 12.7. The molecule has 0 saturated heterocycles. The number of carbonyl (C=O) groups excluding carboxylic acids is 1. The third kappa shape index (κ3) is 5.19. The highest BCUT2D eigenvalue weighted by Gasteiger charge is 2.22. The summed E-state index contributed by atoms with van der Waals surface area (Å²) in [5.74, 6) is 2.23. The van der Waals surface area contributed by atoms with E-state index in [4.69, 9.17) is 20.2 Å². The number of fused-ring (bicyclic) bond motifs is 2. The quantitative estimate of drug-likeness (QED) is 0.565. The van der Waals surface area contributed by atoms with E-state index in [0.717, 1.165) is 45.5 Å². The first-order chi connectivity index (χ1) is 16.4. The van der Waals surface area contributed by atoms with Crippen molar-refractivity contribution in [1.82, 2.24) is 9.97 Å². The SMILES string of the molecule is CCC(CC)C(=O)CCC1=CC(Sc2cc3c(cc2N(C)C)OCO3)=Nc2c(N)ncnc2C1. The molecule has 8 nitrogen and oxygen atoms in total. The minimum absolute atomic E-state index is 0.121. The fraction of sp³-hybridized carbons (Fsp3) is 0.440. The van der Waals surface area contributed by atoms with Gasteiger partial charge in [0.2, 0.25) is 6.79 Å². The molecule has 0 atom stereocenters. The fourth-order valence-corrected chi connectivity index (χ4v) is 5.27. The van der Waals surface area contributed by atoms with Gasteiger partial charge in [-0.05, 0) is 25.3 Å². The second-order valence-electron chi connectivity index (χ2n) is 8.63. The fourth-order valence-electron chi connectivity index (χ4n) is 4.17. The van der Waals surface area contributed by atoms with Crippen molar-refractivity contribution in [2.24, 2.45) is 10.9 Å². The lowest BCUT2D eigenvalue weighted by Crippen LogP contribution is -2.13. The molecule has 34 heavy (non-hydrogen) atoms. The van der Waals surface area contributed by atoms with E-state index in [1.165, 1.54) is 18.1 Å². The van der Waals surface area contributed by atoms with Crippen LogP contribution in [-0.4, -0.2) is 41.7 Å². The Morgan fingerprint density at radius 2 is 1.91 bits per heavy atom. The maximum absolute atomic E-state index is 12.7. The Balaban J connectivity index is 1.67. The first kappa shape index (κ1) is 24.1. The van der Waals surface area contributed by atoms with Crippen molar-refractivity contribution >= 4 is 39.8 Å². The van der Waals surface area contributed by atoms with Crippen LogP contribution in [0.2, 0.25) is 0 Å². The van der Waals surface area contributed by atoms with Gasteiger partial charge in [-0.25, -0.2) is 15.0 Å². The van der Waals surface area contributed by atoms with Crippen LogP contribution in [0.4, 0.5) is 17.2 Å². The van der Waals surface area contributed by atoms with E-state index in [0.29, 0.717) is 42.3 Å². The Kier molecular flexibility index (Phi) is 7.41. The molecule has 0 aliphatic carbocycles. The summed E-state index contributed by atoms with van der Waals surface area (Å²) >= 11 is 1.52. The second kappa shape index (κ2) is 10.5. The zero-order valence-electron chi connectivity index (χ0n) is 20.1. The number of nitrogens with two attached hydrogens (primary N) is 1. The first-order valence-electron chi connectivity index (χ1n) is 11.6. The summed E-state index contributed by atoms with van der Waals surface area (Å²) in [5, 5.41) is 0.771. The highest BCUT2D eigenvalue weighted by molar-refractivity contribution is 8.14. The molecular formula is C25H31N5O3S. The van der Waals surface area contributed by atoms with Crippen LogP contribution in [0.15, 0.2) is 40.0 Å². The van der Waals surface area contributed by atoms with Crippen molar-refractivity contribution in [2.45, 2.75) is 50.8 Å². The number of hydrogen-bond donors (Lipinski definition) is 1. The van der Waals surface area contributed by atoms with Gasteiger partial charge in [0.05, 0.1) is 11.4 Å². The van der Waals surface area contributed by atoms with Crippen LogP contribution in [0.5, 0.6) is 11.5 Å². The number of hydrogen-bond acceptors (Lipinski definition) is 9. The monoisotopic (exact) mass is 481 g/mol. The molecule has 2 N–H and O–H groups in total. The summed E-state index contributed by atoms with van der Waals surface area (Å²) in [7, 11) is 3.98. The lowest BCUT2D eigenvalue weighted by atomic mass is 9.92. The van der Waals surface area contributed by atoms with Crippen LogP contribution >= 0.6 is 11.8 Å². The van der Waals surface area contributed by atoms with E-state index in [2.05, 4.69) is 29.9 Å². The molecule has 0 unspecified atom stereocenters. The minimum atomic E-state index is 0.121. The van der Waals surface area contributed by atoms with Gasteiger partial charge >= 0.3 is 0 Å². The number of allylic oxidation sites excluding steroid dienone is 1. The van der Waals surface area contributed by atoms with Crippen LogP contribution in [-0.2, 0) is 11.2 Å². The van der Waals surface area contributed by atoms with E-state index < -0.39 is 0 Å². The molecule has 0 radical (unpaired) electrons. The highest BCUT2D eigenvalue weighted by Crippen LogP contribution is 2.43. The summed E-state index contributed by atoms with van der Waals surface area (Å²) in [4.78, 5) is 29.1. The molecule has 0 bridgehead atoms. The van der Waals surface area contributed by atoms with E-state index >= 15 is 0 Å². The van der Waals surface area contributed by atoms with E-state index in [1.807, 2.05) is 31.1 Å². The number of nitrogen functional groups attached to an aromatic ring is 1. The van der Waals surface area contributed by atoms with E-state index in [9.17, 15) is 4.79 Å². The Morgan fingerprint density at radius 1 is 1.18 bits per heavy atom. The number of benzene rings is 1. The number of ether oxygens (including phenoxy) is 2. The van der Waals surface area contributed by atoms with E-state index in [1.54, 1.807) is 0 Å². The maximum Gasteiger partial charge on any atom is 0.231 e. The normalized spacial score (nSPS) is 14.4. The molecule has 2 aliphatic heterocycles. The molecular weight excluding hydrogens is 450 g/mol. The number of anilines is 2. The van der Waals surface area contributed by atoms with Crippen molar-refractivity contribution in [2.75, 3.05) is 31.5 Å². The summed E-state index contributed by atoms with van der Waals surface area (Å²) in [5.41, 5.74) is 9.65. The second-order valence-corrected chi connectivity index (χ2v) is 9.70. The molecule has 2 aromatic rings. The summed E-state index contributed by atoms with van der Waals surface area (Å²) in [6.07, 6.45) is 7.06. The number of carbonyl (C=O) groups is 1. The van der Waals surface area contributed by atoms with Crippen molar-refractivity contribution in [3.8, 4) is 11.5 Å². The standard InChI is InChI=1S/C25H31N5O3S/c1-5-16(6-2)19(31)8-7-15-9-17-24(25(26)28-13-27-17)29-23(10-15)34-22-12-21-20(32-14-33-21)11-18(22)30(3)4/h10-13,16H,5-9,14H2,1-4H3,(H2,26,27,28). The lowest BCUT2D eigenvalue weighted by molar-refractivity contribution is -0.123. The molecule has 180 valence electrons. The third-order valence-corrected chi connectivity index (χ3v) is 7.12. The van der Waals surface area contributed by atoms with Gasteiger partial charge in [-0.2, -0.15) is 0 Å². The lowest BCUT2D eigenvalue weighted by Gasteiger charge is -2.18. The van der Waals surface area contributed by atoms with Gasteiger partial charge in [0, 0.05) is 49.9 Å². The van der Waals surface area contributed by atoms with Crippen molar-refractivity contribution < 1.29 is 14.3 Å².